The molecule has 2 aromatic carbocycles. The van der Waals surface area contributed by atoms with E-state index in [0.29, 0.717) is 22.2 Å². The molecule has 0 spiro atoms. The van der Waals surface area contributed by atoms with E-state index in [9.17, 15) is 14.4 Å². The van der Waals surface area contributed by atoms with Crippen LogP contribution in [0.15, 0.2) is 60.0 Å². The normalized spacial score (nSPS) is 11.5. The van der Waals surface area contributed by atoms with Crippen molar-refractivity contribution >= 4 is 45.7 Å². The highest BCUT2D eigenvalue weighted by Gasteiger charge is 2.25. The molecule has 0 radical (unpaired) electrons. The average Bonchev–Trinajstić information content (AvgIpc) is 3.21. The average molecular weight is 452 g/mol. The van der Waals surface area contributed by atoms with Gasteiger partial charge in [0.1, 0.15) is 6.04 Å². The molecule has 4 N–H and O–H groups in total. The third-order valence-electron chi connectivity index (χ3n) is 4.50. The summed E-state index contributed by atoms with van der Waals surface area (Å²) in [4.78, 5) is 40.7. The number of thiazole rings is 1. The maximum absolute atomic E-state index is 12.8. The Balaban J connectivity index is 1.62. The number of carbonyl (C=O) groups excluding carboxylic acids is 3. The summed E-state index contributed by atoms with van der Waals surface area (Å²) in [7, 11) is 0. The third kappa shape index (κ3) is 6.39. The predicted octanol–water partition coefficient (Wildman–Crippen LogP) is 4.55. The minimum atomic E-state index is -0.733. The fourth-order valence-corrected chi connectivity index (χ4v) is 3.66. The van der Waals surface area contributed by atoms with Crippen LogP contribution in [0.25, 0.3) is 11.3 Å². The first kappa shape index (κ1) is 23.0. The molecule has 0 saturated heterocycles. The van der Waals surface area contributed by atoms with Gasteiger partial charge in [0.15, 0.2) is 5.13 Å². The molecule has 1 aromatic heterocycles. The Kier molecular flexibility index (Phi) is 7.56. The van der Waals surface area contributed by atoms with Gasteiger partial charge in [-0.2, -0.15) is 0 Å². The predicted molar refractivity (Wildman–Crippen MR) is 128 cm³/mol. The minimum absolute atomic E-state index is 0.128. The van der Waals surface area contributed by atoms with Crippen molar-refractivity contribution in [3.05, 3.63) is 60.0 Å². The van der Waals surface area contributed by atoms with Gasteiger partial charge in [0, 0.05) is 29.2 Å². The zero-order chi connectivity index (χ0) is 23.1. The van der Waals surface area contributed by atoms with E-state index in [2.05, 4.69) is 26.3 Å². The van der Waals surface area contributed by atoms with E-state index < -0.39 is 12.1 Å². The number of para-hydroxylation sites is 1. The molecule has 0 aliphatic heterocycles. The number of hydrogen-bond acceptors (Lipinski definition) is 5. The molecule has 166 valence electrons. The van der Waals surface area contributed by atoms with E-state index >= 15 is 0 Å². The van der Waals surface area contributed by atoms with Gasteiger partial charge >= 0.3 is 6.03 Å². The van der Waals surface area contributed by atoms with Crippen LogP contribution in [0.5, 0.6) is 0 Å². The van der Waals surface area contributed by atoms with Crippen LogP contribution in [-0.4, -0.2) is 28.9 Å². The van der Waals surface area contributed by atoms with E-state index in [1.54, 1.807) is 24.3 Å². The van der Waals surface area contributed by atoms with Crippen LogP contribution in [0.2, 0.25) is 0 Å². The maximum Gasteiger partial charge on any atom is 0.319 e. The smallest absolute Gasteiger partial charge is 0.319 e. The molecule has 0 fully saturated rings. The fourth-order valence-electron chi connectivity index (χ4n) is 2.94. The van der Waals surface area contributed by atoms with Gasteiger partial charge in [0.25, 0.3) is 0 Å². The van der Waals surface area contributed by atoms with Crippen LogP contribution in [0, 0.1) is 5.92 Å². The number of hydrogen-bond donors (Lipinski definition) is 4. The fraction of sp³-hybridized carbons (Fsp3) is 0.217. The Hall–Kier alpha value is -3.72. The summed E-state index contributed by atoms with van der Waals surface area (Å²) in [5.74, 6) is -0.607. The Morgan fingerprint density at radius 3 is 2.16 bits per heavy atom. The SMILES string of the molecule is CC(=O)Nc1ccc(-c2csc(NC(=O)C(NC(=O)Nc3ccccc3)C(C)C)n2)cc1. The number of aromatic nitrogens is 1. The zero-order valence-electron chi connectivity index (χ0n) is 18.0. The monoisotopic (exact) mass is 451 g/mol. The van der Waals surface area contributed by atoms with Crippen LogP contribution >= 0.6 is 11.3 Å². The lowest BCUT2D eigenvalue weighted by atomic mass is 10.0. The van der Waals surface area contributed by atoms with Gasteiger partial charge in [-0.3, -0.25) is 9.59 Å². The van der Waals surface area contributed by atoms with Gasteiger partial charge in [-0.25, -0.2) is 9.78 Å². The molecule has 1 heterocycles. The Morgan fingerprint density at radius 2 is 1.53 bits per heavy atom. The highest BCUT2D eigenvalue weighted by molar-refractivity contribution is 7.14. The van der Waals surface area contributed by atoms with Gasteiger partial charge in [-0.1, -0.05) is 44.2 Å². The summed E-state index contributed by atoms with van der Waals surface area (Å²) in [6.07, 6.45) is 0. The highest BCUT2D eigenvalue weighted by Crippen LogP contribution is 2.26. The zero-order valence-corrected chi connectivity index (χ0v) is 18.8. The van der Waals surface area contributed by atoms with Crippen LogP contribution in [-0.2, 0) is 9.59 Å². The molecule has 1 unspecified atom stereocenters. The van der Waals surface area contributed by atoms with E-state index in [1.165, 1.54) is 18.3 Å². The molecular weight excluding hydrogens is 426 g/mol. The van der Waals surface area contributed by atoms with Crippen molar-refractivity contribution in [1.82, 2.24) is 10.3 Å². The maximum atomic E-state index is 12.8. The summed E-state index contributed by atoms with van der Waals surface area (Å²) in [6.45, 7) is 5.17. The van der Waals surface area contributed by atoms with Crippen molar-refractivity contribution in [2.24, 2.45) is 5.92 Å². The summed E-state index contributed by atoms with van der Waals surface area (Å²) in [5, 5.41) is 13.2. The second kappa shape index (κ2) is 10.5. The number of anilines is 3. The van der Waals surface area contributed by atoms with E-state index in [1.807, 2.05) is 49.6 Å². The molecule has 0 aliphatic carbocycles. The Labute approximate surface area is 190 Å². The summed E-state index contributed by atoms with van der Waals surface area (Å²) in [5.41, 5.74) is 2.90. The standard InChI is InChI=1S/C23H25N5O3S/c1-14(2)20(27-22(31)25-17-7-5-4-6-8-17)21(30)28-23-26-19(13-32-23)16-9-11-18(12-10-16)24-15(3)29/h4-14,20H,1-3H3,(H,24,29)(H2,25,27,31)(H,26,28,30). The molecule has 3 rings (SSSR count). The molecule has 9 heteroatoms. The number of carbonyl (C=O) groups is 3. The van der Waals surface area contributed by atoms with E-state index in [0.717, 1.165) is 5.56 Å². The molecule has 0 saturated carbocycles. The molecule has 3 aromatic rings. The number of nitrogens with zero attached hydrogens (tertiary/aromatic N) is 1. The number of rotatable bonds is 7. The third-order valence-corrected chi connectivity index (χ3v) is 5.26. The molecule has 8 nitrogen and oxygen atoms in total. The van der Waals surface area contributed by atoms with Gasteiger partial charge in [-0.15, -0.1) is 11.3 Å². The number of nitrogens with one attached hydrogen (secondary N) is 4. The first-order valence-corrected chi connectivity index (χ1v) is 11.0. The van der Waals surface area contributed by atoms with Crippen molar-refractivity contribution in [2.75, 3.05) is 16.0 Å². The lowest BCUT2D eigenvalue weighted by Gasteiger charge is -2.21. The van der Waals surface area contributed by atoms with Crippen molar-refractivity contribution in [3.8, 4) is 11.3 Å². The van der Waals surface area contributed by atoms with Gasteiger partial charge in [0.2, 0.25) is 11.8 Å². The summed E-state index contributed by atoms with van der Waals surface area (Å²) in [6, 6.07) is 15.1. The van der Waals surface area contributed by atoms with E-state index in [4.69, 9.17) is 0 Å². The van der Waals surface area contributed by atoms with Crippen molar-refractivity contribution in [3.63, 3.8) is 0 Å². The van der Waals surface area contributed by atoms with Crippen LogP contribution in [0.3, 0.4) is 0 Å². The van der Waals surface area contributed by atoms with Gasteiger partial charge in [0.05, 0.1) is 5.69 Å². The van der Waals surface area contributed by atoms with Gasteiger partial charge in [-0.05, 0) is 30.2 Å². The highest BCUT2D eigenvalue weighted by atomic mass is 32.1. The molecule has 0 aliphatic rings. The number of amides is 4. The van der Waals surface area contributed by atoms with Crippen LogP contribution < -0.4 is 21.3 Å². The largest absolute Gasteiger partial charge is 0.326 e. The molecular formula is C23H25N5O3S. The van der Waals surface area contributed by atoms with Crippen LogP contribution in [0.1, 0.15) is 20.8 Å². The molecule has 1 atom stereocenters. The van der Waals surface area contributed by atoms with Crippen molar-refractivity contribution in [2.45, 2.75) is 26.8 Å². The number of urea groups is 1. The van der Waals surface area contributed by atoms with E-state index in [-0.39, 0.29) is 17.7 Å². The van der Waals surface area contributed by atoms with Crippen molar-refractivity contribution < 1.29 is 14.4 Å². The lowest BCUT2D eigenvalue weighted by molar-refractivity contribution is -0.118. The Bertz CT molecular complexity index is 1080. The quantitative estimate of drug-likeness (QED) is 0.422. The topological polar surface area (TPSA) is 112 Å². The first-order valence-electron chi connectivity index (χ1n) is 10.1. The van der Waals surface area contributed by atoms with Crippen molar-refractivity contribution in [1.29, 1.82) is 0 Å². The Morgan fingerprint density at radius 1 is 0.875 bits per heavy atom. The first-order chi connectivity index (χ1) is 15.3. The second-order valence-electron chi connectivity index (χ2n) is 7.47. The molecule has 32 heavy (non-hydrogen) atoms. The molecule has 4 amide bonds. The number of benzene rings is 2. The molecule has 0 bridgehead atoms. The summed E-state index contributed by atoms with van der Waals surface area (Å²) < 4.78 is 0. The minimum Gasteiger partial charge on any atom is -0.326 e. The second-order valence-corrected chi connectivity index (χ2v) is 8.33. The lowest BCUT2D eigenvalue weighted by Crippen LogP contribution is -2.48. The summed E-state index contributed by atoms with van der Waals surface area (Å²) >= 11 is 1.30. The van der Waals surface area contributed by atoms with Crippen LogP contribution in [0.4, 0.5) is 21.3 Å². The van der Waals surface area contributed by atoms with Gasteiger partial charge < -0.3 is 21.3 Å².